The largest absolute Gasteiger partial charge is 0.330 e. The Morgan fingerprint density at radius 1 is 1.14 bits per heavy atom. The number of aromatic amines is 1. The van der Waals surface area contributed by atoms with Gasteiger partial charge in [0.25, 0.3) is 0 Å². The van der Waals surface area contributed by atoms with Crippen LogP contribution in [0, 0.1) is 6.92 Å². The first-order valence-corrected chi connectivity index (χ1v) is 7.96. The van der Waals surface area contributed by atoms with Gasteiger partial charge >= 0.3 is 0 Å². The van der Waals surface area contributed by atoms with Gasteiger partial charge in [0.1, 0.15) is 5.69 Å². The highest BCUT2D eigenvalue weighted by Gasteiger charge is 1.92. The van der Waals surface area contributed by atoms with Gasteiger partial charge in [0.15, 0.2) is 0 Å². The van der Waals surface area contributed by atoms with Gasteiger partial charge in [-0.15, -0.1) is 0 Å². The quantitative estimate of drug-likeness (QED) is 0.320. The molecule has 6 nitrogen and oxygen atoms in total. The van der Waals surface area contributed by atoms with Gasteiger partial charge in [-0.25, -0.2) is 0 Å². The Bertz CT molecular complexity index is 374. The smallest absolute Gasteiger partial charge is 0.103 e. The van der Waals surface area contributed by atoms with Crippen LogP contribution in [-0.4, -0.2) is 55.7 Å². The zero-order chi connectivity index (χ0) is 15.2. The van der Waals surface area contributed by atoms with Crippen molar-refractivity contribution in [2.75, 3.05) is 39.3 Å². The maximum Gasteiger partial charge on any atom is 0.103 e. The second-order valence-electron chi connectivity index (χ2n) is 5.21. The van der Waals surface area contributed by atoms with E-state index in [1.54, 1.807) is 0 Å². The molecule has 5 N–H and O–H groups in total. The fraction of sp³-hybridized carbons (Fsp3) is 0.733. The molecule has 0 atom stereocenters. The van der Waals surface area contributed by atoms with Gasteiger partial charge in [-0.1, -0.05) is 0 Å². The molecule has 21 heavy (non-hydrogen) atoms. The van der Waals surface area contributed by atoms with Crippen LogP contribution >= 0.6 is 0 Å². The van der Waals surface area contributed by atoms with Crippen molar-refractivity contribution < 1.29 is 0 Å². The average molecular weight is 294 g/mol. The fourth-order valence-electron chi connectivity index (χ4n) is 1.94. The zero-order valence-corrected chi connectivity index (χ0v) is 13.2. The number of hydrogen-bond acceptors (Lipinski definition) is 5. The summed E-state index contributed by atoms with van der Waals surface area (Å²) >= 11 is 0. The van der Waals surface area contributed by atoms with Crippen LogP contribution in [0.2, 0.25) is 0 Å². The highest BCUT2D eigenvalue weighted by atomic mass is 15.1. The van der Waals surface area contributed by atoms with Crippen molar-refractivity contribution in [3.63, 3.8) is 0 Å². The predicted molar refractivity (Wildman–Crippen MR) is 89.0 cm³/mol. The minimum absolute atomic E-state index is 0.775. The first-order chi connectivity index (χ1) is 10.3. The molecule has 0 saturated carbocycles. The Kier molecular flexibility index (Phi) is 10.6. The number of nitrogens with two attached hydrogens (primary N) is 1. The lowest BCUT2D eigenvalue weighted by molar-refractivity contribution is 0.570. The zero-order valence-electron chi connectivity index (χ0n) is 13.2. The van der Waals surface area contributed by atoms with E-state index in [1.807, 2.05) is 19.2 Å². The lowest BCUT2D eigenvalue weighted by Gasteiger charge is -2.05. The summed E-state index contributed by atoms with van der Waals surface area (Å²) in [5.41, 5.74) is 7.40. The van der Waals surface area contributed by atoms with Gasteiger partial charge in [0, 0.05) is 18.5 Å². The highest BCUT2D eigenvalue weighted by molar-refractivity contribution is 5.76. The van der Waals surface area contributed by atoms with E-state index in [0.717, 1.165) is 63.5 Å². The highest BCUT2D eigenvalue weighted by Crippen LogP contribution is 1.94. The van der Waals surface area contributed by atoms with Crippen LogP contribution in [0.4, 0.5) is 0 Å². The lowest BCUT2D eigenvalue weighted by Crippen LogP contribution is -2.21. The van der Waals surface area contributed by atoms with Crippen molar-refractivity contribution in [3.05, 3.63) is 17.5 Å². The summed E-state index contributed by atoms with van der Waals surface area (Å²) in [4.78, 5) is 4.36. The van der Waals surface area contributed by atoms with Crippen molar-refractivity contribution in [1.82, 2.24) is 20.8 Å². The normalized spacial score (nSPS) is 11.5. The van der Waals surface area contributed by atoms with Gasteiger partial charge in [-0.05, 0) is 71.4 Å². The van der Waals surface area contributed by atoms with E-state index in [9.17, 15) is 0 Å². The molecule has 0 saturated heterocycles. The maximum absolute atomic E-state index is 5.43. The topological polar surface area (TPSA) is 91.1 Å². The molecular weight excluding hydrogens is 264 g/mol. The van der Waals surface area contributed by atoms with Crippen LogP contribution in [0.3, 0.4) is 0 Å². The summed E-state index contributed by atoms with van der Waals surface area (Å²) < 4.78 is 0. The van der Waals surface area contributed by atoms with Crippen molar-refractivity contribution in [2.45, 2.75) is 32.6 Å². The van der Waals surface area contributed by atoms with Crippen LogP contribution in [0.15, 0.2) is 11.1 Å². The van der Waals surface area contributed by atoms with Gasteiger partial charge in [0.2, 0.25) is 0 Å². The number of rotatable bonds is 13. The minimum atomic E-state index is 0.775. The summed E-state index contributed by atoms with van der Waals surface area (Å²) in [5.74, 6) is 0. The summed E-state index contributed by atoms with van der Waals surface area (Å²) in [6.45, 7) is 7.85. The Balaban J connectivity index is 1.81. The van der Waals surface area contributed by atoms with Crippen molar-refractivity contribution in [2.24, 2.45) is 10.7 Å². The molecule has 0 aliphatic rings. The van der Waals surface area contributed by atoms with Crippen LogP contribution in [0.25, 0.3) is 0 Å². The summed E-state index contributed by atoms with van der Waals surface area (Å²) in [7, 11) is 0. The molecule has 1 rings (SSSR count). The van der Waals surface area contributed by atoms with E-state index in [2.05, 4.69) is 25.8 Å². The Morgan fingerprint density at radius 3 is 2.43 bits per heavy atom. The van der Waals surface area contributed by atoms with Gasteiger partial charge in [-0.3, -0.25) is 10.1 Å². The van der Waals surface area contributed by atoms with E-state index in [0.29, 0.717) is 0 Å². The van der Waals surface area contributed by atoms with Crippen molar-refractivity contribution in [3.8, 4) is 0 Å². The standard InChI is InChI=1S/C15H30N6/c1-14-12-15(21-20-14)13-19-11-5-10-18-8-3-2-7-17-9-4-6-16/h12-13,17-18H,2-11,16H2,1H3,(H,20,21)/b19-13+. The molecule has 1 heterocycles. The SMILES string of the molecule is Cc1cc(/C=N/CCCNCCCCNCCCN)n[nH]1. The van der Waals surface area contributed by atoms with Crippen LogP contribution < -0.4 is 16.4 Å². The molecule has 0 aliphatic carbocycles. The third kappa shape index (κ3) is 10.2. The fourth-order valence-corrected chi connectivity index (χ4v) is 1.94. The summed E-state index contributed by atoms with van der Waals surface area (Å²) in [6.07, 6.45) is 6.39. The van der Waals surface area contributed by atoms with E-state index in [1.165, 1.54) is 12.8 Å². The number of unbranched alkanes of at least 4 members (excludes halogenated alkanes) is 1. The number of aromatic nitrogens is 2. The van der Waals surface area contributed by atoms with Crippen LogP contribution in [0.5, 0.6) is 0 Å². The molecule has 0 radical (unpaired) electrons. The van der Waals surface area contributed by atoms with Crippen molar-refractivity contribution in [1.29, 1.82) is 0 Å². The second kappa shape index (κ2) is 12.5. The second-order valence-corrected chi connectivity index (χ2v) is 5.21. The monoisotopic (exact) mass is 294 g/mol. The number of aliphatic imine (C=N–C) groups is 1. The van der Waals surface area contributed by atoms with E-state index in [4.69, 9.17) is 5.73 Å². The molecule has 1 aromatic rings. The molecule has 0 amide bonds. The Morgan fingerprint density at radius 2 is 1.81 bits per heavy atom. The molecule has 0 aromatic carbocycles. The number of hydrogen-bond donors (Lipinski definition) is 4. The molecule has 0 unspecified atom stereocenters. The Labute approximate surface area is 128 Å². The average Bonchev–Trinajstić information content (AvgIpc) is 2.89. The maximum atomic E-state index is 5.43. The molecule has 0 aliphatic heterocycles. The molecule has 0 bridgehead atoms. The van der Waals surface area contributed by atoms with Gasteiger partial charge in [-0.2, -0.15) is 5.10 Å². The van der Waals surface area contributed by atoms with E-state index < -0.39 is 0 Å². The van der Waals surface area contributed by atoms with Crippen LogP contribution in [-0.2, 0) is 0 Å². The Hall–Kier alpha value is -1.24. The molecule has 0 fully saturated rings. The molecule has 120 valence electrons. The number of H-pyrrole nitrogens is 1. The molecule has 6 heteroatoms. The molecule has 0 spiro atoms. The number of nitrogens with zero attached hydrogens (tertiary/aromatic N) is 2. The lowest BCUT2D eigenvalue weighted by atomic mass is 10.3. The van der Waals surface area contributed by atoms with Crippen molar-refractivity contribution >= 4 is 6.21 Å². The van der Waals surface area contributed by atoms with E-state index in [-0.39, 0.29) is 0 Å². The van der Waals surface area contributed by atoms with E-state index >= 15 is 0 Å². The molecular formula is C15H30N6. The summed E-state index contributed by atoms with van der Waals surface area (Å²) in [6, 6.07) is 1.99. The number of aryl methyl sites for hydroxylation is 1. The summed E-state index contributed by atoms with van der Waals surface area (Å²) in [5, 5.41) is 13.8. The van der Waals surface area contributed by atoms with Gasteiger partial charge < -0.3 is 16.4 Å². The first kappa shape index (κ1) is 17.8. The van der Waals surface area contributed by atoms with Gasteiger partial charge in [0.05, 0.1) is 0 Å². The minimum Gasteiger partial charge on any atom is -0.330 e. The third-order valence-electron chi connectivity index (χ3n) is 3.10. The first-order valence-electron chi connectivity index (χ1n) is 7.96. The number of nitrogens with one attached hydrogen (secondary N) is 3. The van der Waals surface area contributed by atoms with Crippen LogP contribution in [0.1, 0.15) is 37.1 Å². The third-order valence-corrected chi connectivity index (χ3v) is 3.10. The predicted octanol–water partition coefficient (Wildman–Crippen LogP) is 0.835. The molecule has 1 aromatic heterocycles.